The largest absolute Gasteiger partial charge is 0.393 e. The van der Waals surface area contributed by atoms with Crippen molar-refractivity contribution >= 4 is 5.78 Å². The van der Waals surface area contributed by atoms with Gasteiger partial charge in [-0.3, -0.25) is 4.79 Å². The minimum absolute atomic E-state index is 0.000324. The van der Waals surface area contributed by atoms with Crippen molar-refractivity contribution in [1.82, 2.24) is 0 Å². The van der Waals surface area contributed by atoms with E-state index in [0.717, 1.165) is 12.8 Å². The maximum Gasteiger partial charge on any atom is 0.155 e. The average Bonchev–Trinajstić information content (AvgIpc) is 2.44. The zero-order chi connectivity index (χ0) is 10.6. The van der Waals surface area contributed by atoms with E-state index in [9.17, 15) is 9.90 Å². The molecular formula is C13H16O2. The second kappa shape index (κ2) is 2.82. The predicted octanol–water partition coefficient (Wildman–Crippen LogP) is 1.85. The number of aliphatic hydroxyl groups excluding tert-OH is 1. The third-order valence-corrected chi connectivity index (χ3v) is 4.42. The van der Waals surface area contributed by atoms with Crippen molar-refractivity contribution in [3.05, 3.63) is 23.8 Å². The molecule has 1 spiro atoms. The Morgan fingerprint density at radius 2 is 2.33 bits per heavy atom. The number of carbonyl (C=O) groups excluding carboxylic acids is 1. The molecule has 3 rings (SSSR count). The minimum atomic E-state index is -0.300. The second-order valence-electron chi connectivity index (χ2n) is 5.32. The molecule has 0 saturated heterocycles. The summed E-state index contributed by atoms with van der Waals surface area (Å²) < 4.78 is 0. The topological polar surface area (TPSA) is 37.3 Å². The van der Waals surface area contributed by atoms with Gasteiger partial charge >= 0.3 is 0 Å². The third-order valence-electron chi connectivity index (χ3n) is 4.42. The molecule has 0 amide bonds. The van der Waals surface area contributed by atoms with E-state index in [4.69, 9.17) is 0 Å². The molecule has 3 aliphatic carbocycles. The lowest BCUT2D eigenvalue weighted by Gasteiger charge is -2.43. The lowest BCUT2D eigenvalue weighted by Crippen LogP contribution is -2.43. The molecule has 1 saturated carbocycles. The molecule has 1 N–H and O–H groups in total. The number of hydrogen-bond acceptors (Lipinski definition) is 2. The first-order chi connectivity index (χ1) is 7.11. The summed E-state index contributed by atoms with van der Waals surface area (Å²) in [5.74, 6) is 0.832. The summed E-state index contributed by atoms with van der Waals surface area (Å²) in [6.45, 7) is 2.15. The van der Waals surface area contributed by atoms with Crippen LogP contribution in [0.15, 0.2) is 23.8 Å². The SMILES string of the molecule is CC1=C[C@]23C=CC(=O)C[C@@H]2[C@@H](O)C[C@@H]1C3. The normalized spacial score (nSPS) is 47.7. The van der Waals surface area contributed by atoms with E-state index in [1.807, 2.05) is 6.08 Å². The first-order valence-corrected chi connectivity index (χ1v) is 5.70. The molecule has 2 nitrogen and oxygen atoms in total. The molecule has 3 aliphatic rings. The molecular weight excluding hydrogens is 188 g/mol. The average molecular weight is 204 g/mol. The van der Waals surface area contributed by atoms with Gasteiger partial charge in [-0.25, -0.2) is 0 Å². The van der Waals surface area contributed by atoms with Crippen molar-refractivity contribution in [1.29, 1.82) is 0 Å². The van der Waals surface area contributed by atoms with Gasteiger partial charge < -0.3 is 5.11 Å². The van der Waals surface area contributed by atoms with Gasteiger partial charge in [0.1, 0.15) is 0 Å². The van der Waals surface area contributed by atoms with Crippen LogP contribution >= 0.6 is 0 Å². The van der Waals surface area contributed by atoms with E-state index in [1.165, 1.54) is 5.57 Å². The number of allylic oxidation sites excluding steroid dienone is 4. The molecule has 0 aromatic carbocycles. The molecule has 1 fully saturated rings. The smallest absolute Gasteiger partial charge is 0.155 e. The molecule has 0 aromatic rings. The molecule has 80 valence electrons. The Hall–Kier alpha value is -0.890. The van der Waals surface area contributed by atoms with Crippen molar-refractivity contribution in [3.63, 3.8) is 0 Å². The van der Waals surface area contributed by atoms with E-state index in [-0.39, 0.29) is 23.2 Å². The lowest BCUT2D eigenvalue weighted by atomic mass is 9.62. The number of rotatable bonds is 0. The van der Waals surface area contributed by atoms with Crippen LogP contribution in [0.2, 0.25) is 0 Å². The Morgan fingerprint density at radius 3 is 3.13 bits per heavy atom. The summed E-state index contributed by atoms with van der Waals surface area (Å²) in [6.07, 6.45) is 8.21. The zero-order valence-corrected chi connectivity index (χ0v) is 8.94. The van der Waals surface area contributed by atoms with E-state index in [2.05, 4.69) is 13.0 Å². The van der Waals surface area contributed by atoms with Crippen LogP contribution in [-0.2, 0) is 4.79 Å². The Balaban J connectivity index is 2.08. The zero-order valence-electron chi connectivity index (χ0n) is 8.94. The van der Waals surface area contributed by atoms with Crippen LogP contribution in [0.25, 0.3) is 0 Å². The Bertz CT molecular complexity index is 380. The predicted molar refractivity (Wildman–Crippen MR) is 57.2 cm³/mol. The van der Waals surface area contributed by atoms with Gasteiger partial charge in [-0.15, -0.1) is 0 Å². The molecule has 2 heteroatoms. The highest BCUT2D eigenvalue weighted by Gasteiger charge is 2.51. The van der Waals surface area contributed by atoms with Gasteiger partial charge in [0.15, 0.2) is 5.78 Å². The molecule has 0 radical (unpaired) electrons. The highest BCUT2D eigenvalue weighted by Crippen LogP contribution is 2.56. The summed E-state index contributed by atoms with van der Waals surface area (Å²) >= 11 is 0. The van der Waals surface area contributed by atoms with Crippen LogP contribution < -0.4 is 0 Å². The Kier molecular flexibility index (Phi) is 1.76. The maximum atomic E-state index is 11.4. The standard InChI is InChI=1S/C13H16O2/c1-8-6-13-3-2-10(14)5-11(13)12(15)4-9(8)7-13/h2-3,6,9,11-12,15H,4-5,7H2,1H3/t9-,11-,12+,13+/m1/s1. The van der Waals surface area contributed by atoms with Gasteiger partial charge in [0.2, 0.25) is 0 Å². The van der Waals surface area contributed by atoms with E-state index in [1.54, 1.807) is 6.08 Å². The number of aliphatic hydroxyl groups is 1. The van der Waals surface area contributed by atoms with Gasteiger partial charge in [0.25, 0.3) is 0 Å². The van der Waals surface area contributed by atoms with Crippen LogP contribution in [0.5, 0.6) is 0 Å². The first-order valence-electron chi connectivity index (χ1n) is 5.70. The van der Waals surface area contributed by atoms with E-state index < -0.39 is 0 Å². The molecule has 0 heterocycles. The van der Waals surface area contributed by atoms with Gasteiger partial charge in [-0.1, -0.05) is 17.7 Å². The number of hydrogen-bond donors (Lipinski definition) is 1. The number of ketones is 1. The lowest BCUT2D eigenvalue weighted by molar-refractivity contribution is -0.119. The van der Waals surface area contributed by atoms with Gasteiger partial charge in [0.05, 0.1) is 6.10 Å². The summed E-state index contributed by atoms with van der Waals surface area (Å²) in [5, 5.41) is 10.1. The molecule has 0 unspecified atom stereocenters. The molecule has 0 aliphatic heterocycles. The van der Waals surface area contributed by atoms with E-state index in [0.29, 0.717) is 12.3 Å². The fourth-order valence-electron chi connectivity index (χ4n) is 3.63. The first kappa shape index (κ1) is 9.34. The molecule has 2 bridgehead atoms. The van der Waals surface area contributed by atoms with Crippen LogP contribution in [0.1, 0.15) is 26.2 Å². The van der Waals surface area contributed by atoms with Crippen molar-refractivity contribution in [3.8, 4) is 0 Å². The maximum absolute atomic E-state index is 11.4. The minimum Gasteiger partial charge on any atom is -0.393 e. The summed E-state index contributed by atoms with van der Waals surface area (Å²) in [7, 11) is 0. The fraction of sp³-hybridized carbons (Fsp3) is 0.615. The van der Waals surface area contributed by atoms with Crippen LogP contribution in [-0.4, -0.2) is 17.0 Å². The Morgan fingerprint density at radius 1 is 1.53 bits per heavy atom. The van der Waals surface area contributed by atoms with E-state index >= 15 is 0 Å². The quantitative estimate of drug-likeness (QED) is 0.611. The molecule has 15 heavy (non-hydrogen) atoms. The highest BCUT2D eigenvalue weighted by atomic mass is 16.3. The van der Waals surface area contributed by atoms with Crippen LogP contribution in [0, 0.1) is 17.3 Å². The Labute approximate surface area is 89.7 Å². The monoisotopic (exact) mass is 204 g/mol. The summed E-state index contributed by atoms with van der Waals surface area (Å²) in [5.41, 5.74) is 1.40. The van der Waals surface area contributed by atoms with Gasteiger partial charge in [-0.05, 0) is 31.8 Å². The van der Waals surface area contributed by atoms with Crippen LogP contribution in [0.4, 0.5) is 0 Å². The summed E-state index contributed by atoms with van der Waals surface area (Å²) in [4.78, 5) is 11.4. The van der Waals surface area contributed by atoms with Crippen LogP contribution in [0.3, 0.4) is 0 Å². The molecule has 4 atom stereocenters. The molecule has 0 aromatic heterocycles. The highest BCUT2D eigenvalue weighted by molar-refractivity contribution is 5.91. The third kappa shape index (κ3) is 1.18. The van der Waals surface area contributed by atoms with Crippen molar-refractivity contribution in [2.75, 3.05) is 0 Å². The van der Waals surface area contributed by atoms with Crippen molar-refractivity contribution in [2.45, 2.75) is 32.3 Å². The van der Waals surface area contributed by atoms with Gasteiger partial charge in [-0.2, -0.15) is 0 Å². The fourth-order valence-corrected chi connectivity index (χ4v) is 3.63. The second-order valence-corrected chi connectivity index (χ2v) is 5.32. The number of carbonyl (C=O) groups is 1. The van der Waals surface area contributed by atoms with Crippen molar-refractivity contribution in [2.24, 2.45) is 17.3 Å². The number of fused-ring (bicyclic) bond motifs is 1. The summed E-state index contributed by atoms with van der Waals surface area (Å²) in [6, 6.07) is 0. The van der Waals surface area contributed by atoms with Crippen molar-refractivity contribution < 1.29 is 9.90 Å². The van der Waals surface area contributed by atoms with Gasteiger partial charge in [0, 0.05) is 17.8 Å².